The molecule has 2 nitrogen and oxygen atoms in total. The molecule has 1 aromatic rings. The van der Waals surface area contributed by atoms with Gasteiger partial charge in [0.15, 0.2) is 0 Å². The van der Waals surface area contributed by atoms with E-state index in [-0.39, 0.29) is 10.2 Å². The van der Waals surface area contributed by atoms with Crippen molar-refractivity contribution in [2.45, 2.75) is 26.4 Å². The Hall–Kier alpha value is -1.04. The predicted octanol–water partition coefficient (Wildman–Crippen LogP) is 4.13. The third-order valence-corrected chi connectivity index (χ3v) is 2.34. The second kappa shape index (κ2) is 5.08. The maximum atomic E-state index is 12.9. The molecule has 1 N–H and O–H groups in total. The summed E-state index contributed by atoms with van der Waals surface area (Å²) in [4.78, 5) is 6.72. The molecule has 0 radical (unpaired) electrons. The van der Waals surface area contributed by atoms with E-state index in [1.54, 1.807) is 13.8 Å². The number of imidazole rings is 1. The van der Waals surface area contributed by atoms with Crippen molar-refractivity contribution in [1.82, 2.24) is 9.97 Å². The zero-order valence-corrected chi connectivity index (χ0v) is 11.0. The van der Waals surface area contributed by atoms with E-state index >= 15 is 0 Å². The Kier molecular flexibility index (Phi) is 4.19. The maximum Gasteiger partial charge on any atom is 0.418 e. The van der Waals surface area contributed by atoms with Crippen LogP contribution in [0.1, 0.15) is 24.1 Å². The van der Waals surface area contributed by atoms with E-state index in [4.69, 9.17) is 0 Å². The molecule has 0 saturated heterocycles. The number of rotatable bonds is 3. The molecule has 0 aliphatic rings. The van der Waals surface area contributed by atoms with Crippen molar-refractivity contribution in [2.75, 3.05) is 0 Å². The van der Waals surface area contributed by atoms with E-state index in [1.807, 2.05) is 0 Å². The van der Waals surface area contributed by atoms with E-state index in [1.165, 1.54) is 0 Å². The molecule has 17 heavy (non-hydrogen) atoms. The second-order valence-corrected chi connectivity index (χ2v) is 4.52. The Morgan fingerprint density at radius 3 is 2.53 bits per heavy atom. The van der Waals surface area contributed by atoms with Crippen LogP contribution in [0.2, 0.25) is 0 Å². The lowest BCUT2D eigenvalue weighted by Gasteiger charge is -2.10. The lowest BCUT2D eigenvalue weighted by molar-refractivity contribution is -0.0691. The minimum Gasteiger partial charge on any atom is -0.346 e. The molecule has 0 atom stereocenters. The van der Waals surface area contributed by atoms with Crippen molar-refractivity contribution >= 4 is 21.5 Å². The minimum absolute atomic E-state index is 0.0573. The summed E-state index contributed by atoms with van der Waals surface area (Å²) in [6.45, 7) is 6.79. The monoisotopic (exact) mass is 308 g/mol. The van der Waals surface area contributed by atoms with E-state index in [0.29, 0.717) is 17.9 Å². The molecule has 94 valence electrons. The van der Waals surface area contributed by atoms with Crippen molar-refractivity contribution in [3.05, 3.63) is 34.3 Å². The number of aryl methyl sites for hydroxylation is 2. The molecule has 6 heteroatoms. The van der Waals surface area contributed by atoms with Crippen LogP contribution in [0, 0.1) is 6.92 Å². The third kappa shape index (κ3) is 3.46. The first-order valence-electron chi connectivity index (χ1n) is 4.94. The molecular weight excluding hydrogens is 297 g/mol. The number of nitrogens with one attached hydrogen (secondary N) is 1. The molecular formula is C11H12BrF3N2. The highest BCUT2D eigenvalue weighted by Crippen LogP contribution is 2.36. The van der Waals surface area contributed by atoms with Gasteiger partial charge in [-0.25, -0.2) is 4.98 Å². The average Bonchev–Trinajstić information content (AvgIpc) is 2.53. The molecule has 1 aromatic heterocycles. The zero-order valence-electron chi connectivity index (χ0n) is 9.45. The first-order chi connectivity index (χ1) is 7.75. The van der Waals surface area contributed by atoms with Gasteiger partial charge in [-0.05, 0) is 19.4 Å². The fourth-order valence-corrected chi connectivity index (χ4v) is 1.69. The van der Waals surface area contributed by atoms with Crippen LogP contribution in [-0.2, 0) is 6.42 Å². The number of nitrogens with zero attached hydrogens (tertiary/aromatic N) is 1. The average molecular weight is 309 g/mol. The Labute approximate surface area is 106 Å². The van der Waals surface area contributed by atoms with Crippen LogP contribution in [0.3, 0.4) is 0 Å². The van der Waals surface area contributed by atoms with Crippen LogP contribution in [-0.4, -0.2) is 16.1 Å². The molecule has 0 fully saturated rings. The fourth-order valence-electron chi connectivity index (χ4n) is 1.46. The van der Waals surface area contributed by atoms with Crippen LogP contribution in [0.5, 0.6) is 0 Å². The topological polar surface area (TPSA) is 28.7 Å². The van der Waals surface area contributed by atoms with Crippen LogP contribution in [0.15, 0.2) is 17.1 Å². The normalized spacial score (nSPS) is 12.9. The van der Waals surface area contributed by atoms with Gasteiger partial charge in [0.2, 0.25) is 0 Å². The summed E-state index contributed by atoms with van der Waals surface area (Å²) in [5.41, 5.74) is -0.376. The van der Waals surface area contributed by atoms with Crippen molar-refractivity contribution in [3.63, 3.8) is 0 Å². The highest BCUT2D eigenvalue weighted by atomic mass is 79.9. The number of allylic oxidation sites excluding steroid dienone is 3. The van der Waals surface area contributed by atoms with E-state index in [2.05, 4.69) is 32.5 Å². The van der Waals surface area contributed by atoms with Gasteiger partial charge >= 0.3 is 6.18 Å². The molecule has 0 spiro atoms. The van der Waals surface area contributed by atoms with Crippen LogP contribution in [0.25, 0.3) is 5.57 Å². The Morgan fingerprint density at radius 1 is 1.53 bits per heavy atom. The van der Waals surface area contributed by atoms with Gasteiger partial charge in [-0.2, -0.15) is 13.2 Å². The molecule has 0 aliphatic heterocycles. The molecule has 0 bridgehead atoms. The second-order valence-electron chi connectivity index (χ2n) is 3.51. The summed E-state index contributed by atoms with van der Waals surface area (Å²) in [5.74, 6) is 0.465. The van der Waals surface area contributed by atoms with E-state index < -0.39 is 11.7 Å². The first kappa shape index (κ1) is 14.0. The van der Waals surface area contributed by atoms with Crippen LogP contribution < -0.4 is 0 Å². The van der Waals surface area contributed by atoms with Crippen LogP contribution in [0.4, 0.5) is 13.2 Å². The molecule has 0 unspecified atom stereocenters. The Bertz CT molecular complexity index is 458. The SMILES string of the molecule is C=C(Br)/C=C(\c1nc(C)[nH]c1CC)C(F)(F)F. The number of halogens is 4. The largest absolute Gasteiger partial charge is 0.418 e. The van der Waals surface area contributed by atoms with Gasteiger partial charge in [-0.15, -0.1) is 0 Å². The number of alkyl halides is 3. The molecule has 0 amide bonds. The number of aromatic amines is 1. The highest BCUT2D eigenvalue weighted by molar-refractivity contribution is 9.11. The number of hydrogen-bond acceptors (Lipinski definition) is 1. The summed E-state index contributed by atoms with van der Waals surface area (Å²) < 4.78 is 38.9. The van der Waals surface area contributed by atoms with Crippen molar-refractivity contribution in [3.8, 4) is 0 Å². The van der Waals surface area contributed by atoms with E-state index in [9.17, 15) is 13.2 Å². The third-order valence-electron chi connectivity index (χ3n) is 2.11. The smallest absolute Gasteiger partial charge is 0.346 e. The van der Waals surface area contributed by atoms with Crippen LogP contribution >= 0.6 is 15.9 Å². The Morgan fingerprint density at radius 2 is 2.12 bits per heavy atom. The first-order valence-corrected chi connectivity index (χ1v) is 5.74. The van der Waals surface area contributed by atoms with Gasteiger partial charge in [0, 0.05) is 10.2 Å². The van der Waals surface area contributed by atoms with Crippen molar-refractivity contribution in [2.24, 2.45) is 0 Å². The lowest BCUT2D eigenvalue weighted by Crippen LogP contribution is -2.12. The van der Waals surface area contributed by atoms with Gasteiger partial charge in [0.05, 0.1) is 11.3 Å². The summed E-state index contributed by atoms with van der Waals surface area (Å²) in [6.07, 6.45) is -3.06. The Balaban J connectivity index is 3.37. The number of aromatic nitrogens is 2. The zero-order chi connectivity index (χ0) is 13.2. The molecule has 0 saturated carbocycles. The van der Waals surface area contributed by atoms with Gasteiger partial charge in [0.1, 0.15) is 5.82 Å². The van der Waals surface area contributed by atoms with Crippen molar-refractivity contribution in [1.29, 1.82) is 0 Å². The molecule has 0 aliphatic carbocycles. The molecule has 0 aromatic carbocycles. The quantitative estimate of drug-likeness (QED) is 0.835. The predicted molar refractivity (Wildman–Crippen MR) is 64.8 cm³/mol. The van der Waals surface area contributed by atoms with Gasteiger partial charge < -0.3 is 4.98 Å². The summed E-state index contributed by atoms with van der Waals surface area (Å²) in [7, 11) is 0. The molecule has 1 rings (SSSR count). The fraction of sp³-hybridized carbons (Fsp3) is 0.364. The van der Waals surface area contributed by atoms with Gasteiger partial charge in [-0.1, -0.05) is 29.4 Å². The number of hydrogen-bond donors (Lipinski definition) is 1. The van der Waals surface area contributed by atoms with Gasteiger partial charge in [-0.3, -0.25) is 0 Å². The van der Waals surface area contributed by atoms with Gasteiger partial charge in [0.25, 0.3) is 0 Å². The number of H-pyrrole nitrogens is 1. The lowest BCUT2D eigenvalue weighted by atomic mass is 10.1. The van der Waals surface area contributed by atoms with E-state index in [0.717, 1.165) is 6.08 Å². The minimum atomic E-state index is -4.46. The summed E-state index contributed by atoms with van der Waals surface area (Å²) in [6, 6.07) is 0. The highest BCUT2D eigenvalue weighted by Gasteiger charge is 2.37. The maximum absolute atomic E-state index is 12.9. The standard InChI is InChI=1S/C11H12BrF3N2/c1-4-9-10(17-7(3)16-9)8(5-6(2)12)11(13,14)15/h5H,2,4H2,1,3H3,(H,16,17)/b8-5+. The summed E-state index contributed by atoms with van der Waals surface area (Å²) in [5, 5.41) is 0. The summed E-state index contributed by atoms with van der Waals surface area (Å²) >= 11 is 2.91. The molecule has 1 heterocycles. The van der Waals surface area contributed by atoms with Crippen molar-refractivity contribution < 1.29 is 13.2 Å².